The molecule has 0 bridgehead atoms. The summed E-state index contributed by atoms with van der Waals surface area (Å²) in [5, 5.41) is 9.01. The Morgan fingerprint density at radius 2 is 2.06 bits per heavy atom. The first-order valence-corrected chi connectivity index (χ1v) is 5.27. The van der Waals surface area contributed by atoms with Gasteiger partial charge in [0.15, 0.2) is 0 Å². The van der Waals surface area contributed by atoms with E-state index in [1.54, 1.807) is 16.8 Å². The van der Waals surface area contributed by atoms with Crippen molar-refractivity contribution >= 4 is 0 Å². The van der Waals surface area contributed by atoms with Crippen molar-refractivity contribution in [2.75, 3.05) is 0 Å². The maximum atomic E-state index is 12.5. The number of hydrogen-bond acceptors (Lipinski definition) is 2. The minimum atomic E-state index is -4.34. The Morgan fingerprint density at radius 1 is 1.28 bits per heavy atom. The van der Waals surface area contributed by atoms with E-state index in [-0.39, 0.29) is 13.2 Å². The van der Waals surface area contributed by atoms with Gasteiger partial charge >= 0.3 is 6.18 Å². The quantitative estimate of drug-likeness (QED) is 0.916. The third-order valence-corrected chi connectivity index (χ3v) is 2.55. The largest absolute Gasteiger partial charge is 0.416 e. The van der Waals surface area contributed by atoms with Crippen LogP contribution in [0.25, 0.3) is 0 Å². The number of aliphatic hydroxyl groups excluding tert-OH is 1. The van der Waals surface area contributed by atoms with Gasteiger partial charge in [0, 0.05) is 18.9 Å². The van der Waals surface area contributed by atoms with Crippen LogP contribution in [0.4, 0.5) is 13.2 Å². The van der Waals surface area contributed by atoms with Gasteiger partial charge < -0.3 is 9.67 Å². The number of hydrogen-bond donors (Lipinski definition) is 1. The van der Waals surface area contributed by atoms with Crippen molar-refractivity contribution in [3.05, 3.63) is 53.6 Å². The normalized spacial score (nSPS) is 11.8. The van der Waals surface area contributed by atoms with Crippen molar-refractivity contribution in [1.29, 1.82) is 0 Å². The molecule has 2 aromatic rings. The van der Waals surface area contributed by atoms with Crippen molar-refractivity contribution in [2.45, 2.75) is 19.3 Å². The average Bonchev–Trinajstić information content (AvgIpc) is 2.75. The van der Waals surface area contributed by atoms with Gasteiger partial charge in [0.25, 0.3) is 0 Å². The molecule has 18 heavy (non-hydrogen) atoms. The molecule has 0 fully saturated rings. The Morgan fingerprint density at radius 3 is 2.72 bits per heavy atom. The van der Waals surface area contributed by atoms with E-state index in [0.29, 0.717) is 11.4 Å². The molecule has 1 N–H and O–H groups in total. The molecule has 3 nitrogen and oxygen atoms in total. The molecule has 0 saturated carbocycles. The van der Waals surface area contributed by atoms with Gasteiger partial charge in [-0.3, -0.25) is 0 Å². The number of rotatable bonds is 3. The zero-order valence-electron chi connectivity index (χ0n) is 9.35. The molecule has 1 aromatic heterocycles. The Labute approximate surface area is 102 Å². The average molecular weight is 256 g/mol. The molecular weight excluding hydrogens is 245 g/mol. The van der Waals surface area contributed by atoms with Crippen LogP contribution in [0.3, 0.4) is 0 Å². The summed E-state index contributed by atoms with van der Waals surface area (Å²) in [7, 11) is 0. The Bertz CT molecular complexity index is 534. The molecule has 0 spiro atoms. The Kier molecular flexibility index (Phi) is 3.38. The highest BCUT2D eigenvalue weighted by Gasteiger charge is 2.30. The summed E-state index contributed by atoms with van der Waals surface area (Å²) in [6.07, 6.45) is -1.23. The molecule has 0 aliphatic heterocycles. The first kappa shape index (κ1) is 12.6. The van der Waals surface area contributed by atoms with Crippen LogP contribution in [0.2, 0.25) is 0 Å². The van der Waals surface area contributed by atoms with Crippen LogP contribution in [0.15, 0.2) is 36.7 Å². The lowest BCUT2D eigenvalue weighted by atomic mass is 10.1. The SMILES string of the molecule is OCc1nccn1Cc1cccc(C(F)(F)F)c1. The molecule has 6 heteroatoms. The Hall–Kier alpha value is -1.82. The highest BCUT2D eigenvalue weighted by atomic mass is 19.4. The van der Waals surface area contributed by atoms with Gasteiger partial charge in [0.2, 0.25) is 0 Å². The highest BCUT2D eigenvalue weighted by molar-refractivity contribution is 5.26. The summed E-state index contributed by atoms with van der Waals surface area (Å²) in [5.74, 6) is 0.424. The molecule has 0 atom stereocenters. The lowest BCUT2D eigenvalue weighted by Gasteiger charge is -2.10. The van der Waals surface area contributed by atoms with E-state index < -0.39 is 11.7 Å². The van der Waals surface area contributed by atoms with E-state index in [0.717, 1.165) is 12.1 Å². The monoisotopic (exact) mass is 256 g/mol. The zero-order valence-corrected chi connectivity index (χ0v) is 9.35. The second kappa shape index (κ2) is 4.81. The fourth-order valence-electron chi connectivity index (χ4n) is 1.68. The minimum Gasteiger partial charge on any atom is -0.388 e. The highest BCUT2D eigenvalue weighted by Crippen LogP contribution is 2.29. The van der Waals surface area contributed by atoms with E-state index in [9.17, 15) is 13.2 Å². The lowest BCUT2D eigenvalue weighted by molar-refractivity contribution is -0.137. The summed E-state index contributed by atoms with van der Waals surface area (Å²) >= 11 is 0. The first-order valence-electron chi connectivity index (χ1n) is 5.27. The third-order valence-electron chi connectivity index (χ3n) is 2.55. The van der Waals surface area contributed by atoms with E-state index in [4.69, 9.17) is 5.11 Å². The van der Waals surface area contributed by atoms with Crippen molar-refractivity contribution < 1.29 is 18.3 Å². The van der Waals surface area contributed by atoms with Crippen LogP contribution in [0.1, 0.15) is 17.0 Å². The fraction of sp³-hybridized carbons (Fsp3) is 0.250. The summed E-state index contributed by atoms with van der Waals surface area (Å²) in [4.78, 5) is 3.89. The molecule has 96 valence electrons. The van der Waals surface area contributed by atoms with E-state index in [2.05, 4.69) is 4.98 Å². The number of alkyl halides is 3. The Balaban J connectivity index is 2.25. The molecule has 2 rings (SSSR count). The maximum Gasteiger partial charge on any atom is 0.416 e. The van der Waals surface area contributed by atoms with Gasteiger partial charge in [-0.05, 0) is 17.7 Å². The van der Waals surface area contributed by atoms with Crippen molar-refractivity contribution in [2.24, 2.45) is 0 Å². The van der Waals surface area contributed by atoms with E-state index >= 15 is 0 Å². The molecule has 1 heterocycles. The topological polar surface area (TPSA) is 38.1 Å². The number of nitrogens with zero attached hydrogens (tertiary/aromatic N) is 2. The summed E-state index contributed by atoms with van der Waals surface area (Å²) in [6.45, 7) is 0.00573. The molecule has 0 aliphatic carbocycles. The molecular formula is C12H11F3N2O. The second-order valence-corrected chi connectivity index (χ2v) is 3.83. The number of aromatic nitrogens is 2. The second-order valence-electron chi connectivity index (χ2n) is 3.83. The molecule has 0 amide bonds. The van der Waals surface area contributed by atoms with Crippen LogP contribution in [0.5, 0.6) is 0 Å². The van der Waals surface area contributed by atoms with Crippen LogP contribution in [-0.4, -0.2) is 14.7 Å². The predicted molar refractivity (Wildman–Crippen MR) is 58.7 cm³/mol. The fourth-order valence-corrected chi connectivity index (χ4v) is 1.68. The van der Waals surface area contributed by atoms with Gasteiger partial charge in [-0.2, -0.15) is 13.2 Å². The van der Waals surface area contributed by atoms with Crippen LogP contribution in [-0.2, 0) is 19.3 Å². The van der Waals surface area contributed by atoms with Crippen molar-refractivity contribution in [3.63, 3.8) is 0 Å². The predicted octanol–water partition coefficient (Wildman–Crippen LogP) is 2.44. The summed E-state index contributed by atoms with van der Waals surface area (Å²) in [5.41, 5.74) is -0.164. The van der Waals surface area contributed by atoms with Crippen LogP contribution >= 0.6 is 0 Å². The van der Waals surface area contributed by atoms with Crippen LogP contribution in [0, 0.1) is 0 Å². The molecule has 0 unspecified atom stereocenters. The van der Waals surface area contributed by atoms with E-state index in [1.165, 1.54) is 12.3 Å². The standard InChI is InChI=1S/C12H11F3N2O/c13-12(14,15)10-3-1-2-9(6-10)7-17-5-4-16-11(17)8-18/h1-6,18H,7-8H2. The molecule has 0 radical (unpaired) electrons. The number of halogens is 3. The van der Waals surface area contributed by atoms with Crippen molar-refractivity contribution in [3.8, 4) is 0 Å². The number of imidazole rings is 1. The molecule has 0 saturated heterocycles. The molecule has 0 aliphatic rings. The van der Waals surface area contributed by atoms with Gasteiger partial charge in [0.05, 0.1) is 5.56 Å². The maximum absolute atomic E-state index is 12.5. The first-order chi connectivity index (χ1) is 8.50. The van der Waals surface area contributed by atoms with Crippen LogP contribution < -0.4 is 0 Å². The summed E-state index contributed by atoms with van der Waals surface area (Å²) < 4.78 is 39.2. The number of aliphatic hydroxyl groups is 1. The summed E-state index contributed by atoms with van der Waals surface area (Å²) in [6, 6.07) is 5.11. The zero-order chi connectivity index (χ0) is 13.2. The molecule has 1 aromatic carbocycles. The van der Waals surface area contributed by atoms with E-state index in [1.807, 2.05) is 0 Å². The smallest absolute Gasteiger partial charge is 0.388 e. The van der Waals surface area contributed by atoms with Gasteiger partial charge in [-0.25, -0.2) is 4.98 Å². The van der Waals surface area contributed by atoms with Gasteiger partial charge in [0.1, 0.15) is 12.4 Å². The third kappa shape index (κ3) is 2.70. The minimum absolute atomic E-state index is 0.244. The van der Waals surface area contributed by atoms with Gasteiger partial charge in [-0.1, -0.05) is 12.1 Å². The lowest BCUT2D eigenvalue weighted by Crippen LogP contribution is -2.08. The van der Waals surface area contributed by atoms with Gasteiger partial charge in [-0.15, -0.1) is 0 Å². The van der Waals surface area contributed by atoms with Crippen molar-refractivity contribution in [1.82, 2.24) is 9.55 Å². The number of benzene rings is 1.